The van der Waals surface area contributed by atoms with E-state index in [1.54, 1.807) is 0 Å². The van der Waals surface area contributed by atoms with Gasteiger partial charge in [0.25, 0.3) is 0 Å². The van der Waals surface area contributed by atoms with Crippen molar-refractivity contribution in [1.82, 2.24) is 5.32 Å². The SMILES string of the molecule is COC1CCCC1NCC(C(N)=NO)C(F)(F)F. The van der Waals surface area contributed by atoms with E-state index >= 15 is 0 Å². The maximum absolute atomic E-state index is 12.7. The number of ether oxygens (including phenoxy) is 1. The van der Waals surface area contributed by atoms with Gasteiger partial charge < -0.3 is 21.0 Å². The standard InChI is InChI=1S/C10H18F3N3O2/c1-18-8-4-2-3-7(8)15-5-6(9(14)16-17)10(11,12)13/h6-8,15,17H,2-5H2,1H3,(H2,14,16). The topological polar surface area (TPSA) is 79.9 Å². The molecule has 0 aliphatic heterocycles. The zero-order valence-corrected chi connectivity index (χ0v) is 10.1. The number of nitrogens with zero attached hydrogens (tertiary/aromatic N) is 1. The molecule has 5 nitrogen and oxygen atoms in total. The minimum absolute atomic E-state index is 0.0776. The van der Waals surface area contributed by atoms with Crippen LogP contribution in [0.15, 0.2) is 5.16 Å². The summed E-state index contributed by atoms with van der Waals surface area (Å²) in [6.07, 6.45) is -2.11. The number of hydrogen-bond donors (Lipinski definition) is 3. The van der Waals surface area contributed by atoms with Gasteiger partial charge in [-0.05, 0) is 19.3 Å². The summed E-state index contributed by atoms with van der Waals surface area (Å²) in [6.45, 7) is -0.413. The molecule has 3 unspecified atom stereocenters. The molecule has 1 rings (SSSR count). The first-order valence-electron chi connectivity index (χ1n) is 5.70. The van der Waals surface area contributed by atoms with Gasteiger partial charge in [-0.2, -0.15) is 13.2 Å². The molecule has 8 heteroatoms. The molecule has 0 radical (unpaired) electrons. The van der Waals surface area contributed by atoms with Crippen molar-refractivity contribution in [2.45, 2.75) is 37.6 Å². The third-order valence-corrected chi connectivity index (χ3v) is 3.21. The van der Waals surface area contributed by atoms with E-state index < -0.39 is 24.5 Å². The van der Waals surface area contributed by atoms with E-state index in [-0.39, 0.29) is 12.1 Å². The van der Waals surface area contributed by atoms with E-state index in [4.69, 9.17) is 15.7 Å². The molecule has 1 saturated carbocycles. The Morgan fingerprint density at radius 3 is 2.72 bits per heavy atom. The van der Waals surface area contributed by atoms with E-state index in [0.717, 1.165) is 19.3 Å². The summed E-state index contributed by atoms with van der Waals surface area (Å²) < 4.78 is 43.2. The molecule has 0 saturated heterocycles. The highest BCUT2D eigenvalue weighted by Crippen LogP contribution is 2.27. The highest BCUT2D eigenvalue weighted by atomic mass is 19.4. The second-order valence-electron chi connectivity index (χ2n) is 4.34. The van der Waals surface area contributed by atoms with Crippen LogP contribution in [-0.2, 0) is 4.74 Å². The molecular formula is C10H18F3N3O2. The van der Waals surface area contributed by atoms with Crippen LogP contribution in [0.1, 0.15) is 19.3 Å². The highest BCUT2D eigenvalue weighted by Gasteiger charge is 2.43. The number of nitrogens with one attached hydrogen (secondary N) is 1. The Bertz CT molecular complexity index is 297. The van der Waals surface area contributed by atoms with E-state index in [9.17, 15) is 13.2 Å². The Morgan fingerprint density at radius 2 is 2.22 bits per heavy atom. The first-order chi connectivity index (χ1) is 8.40. The summed E-state index contributed by atoms with van der Waals surface area (Å²) >= 11 is 0. The molecule has 0 aromatic carbocycles. The fourth-order valence-corrected chi connectivity index (χ4v) is 2.17. The lowest BCUT2D eigenvalue weighted by Gasteiger charge is -2.24. The zero-order chi connectivity index (χ0) is 13.8. The van der Waals surface area contributed by atoms with Gasteiger partial charge in [0.15, 0.2) is 5.84 Å². The molecule has 0 heterocycles. The lowest BCUT2D eigenvalue weighted by Crippen LogP contribution is -2.47. The molecule has 18 heavy (non-hydrogen) atoms. The number of amidine groups is 1. The maximum Gasteiger partial charge on any atom is 0.400 e. The molecule has 1 aliphatic carbocycles. The van der Waals surface area contributed by atoms with Crippen LogP contribution in [-0.4, -0.2) is 43.0 Å². The van der Waals surface area contributed by atoms with Crippen LogP contribution in [0.2, 0.25) is 0 Å². The molecular weight excluding hydrogens is 251 g/mol. The Kier molecular flexibility index (Phi) is 5.21. The van der Waals surface area contributed by atoms with Crippen molar-refractivity contribution < 1.29 is 23.1 Å². The van der Waals surface area contributed by atoms with E-state index in [0.29, 0.717) is 0 Å². The predicted molar refractivity (Wildman–Crippen MR) is 59.4 cm³/mol. The molecule has 0 aromatic heterocycles. The average molecular weight is 269 g/mol. The first kappa shape index (κ1) is 15.0. The monoisotopic (exact) mass is 269 g/mol. The molecule has 3 atom stereocenters. The summed E-state index contributed by atoms with van der Waals surface area (Å²) in [5, 5.41) is 13.6. The number of alkyl halides is 3. The molecule has 0 bridgehead atoms. The van der Waals surface area contributed by atoms with Crippen molar-refractivity contribution in [3.05, 3.63) is 0 Å². The van der Waals surface area contributed by atoms with Crippen molar-refractivity contribution in [2.24, 2.45) is 16.8 Å². The Balaban J connectivity index is 2.57. The van der Waals surface area contributed by atoms with Gasteiger partial charge in [-0.3, -0.25) is 0 Å². The van der Waals surface area contributed by atoms with Gasteiger partial charge in [-0.1, -0.05) is 5.16 Å². The Morgan fingerprint density at radius 1 is 1.56 bits per heavy atom. The van der Waals surface area contributed by atoms with Gasteiger partial charge in [0.2, 0.25) is 0 Å². The van der Waals surface area contributed by atoms with E-state index in [1.165, 1.54) is 7.11 Å². The van der Waals surface area contributed by atoms with Crippen molar-refractivity contribution in [1.29, 1.82) is 0 Å². The van der Waals surface area contributed by atoms with Gasteiger partial charge in [-0.25, -0.2) is 0 Å². The van der Waals surface area contributed by atoms with Crippen molar-refractivity contribution in [3.8, 4) is 0 Å². The highest BCUT2D eigenvalue weighted by molar-refractivity contribution is 5.83. The largest absolute Gasteiger partial charge is 0.409 e. The van der Waals surface area contributed by atoms with Gasteiger partial charge in [-0.15, -0.1) is 0 Å². The first-order valence-corrected chi connectivity index (χ1v) is 5.70. The predicted octanol–water partition coefficient (Wildman–Crippen LogP) is 1.07. The summed E-state index contributed by atoms with van der Waals surface area (Å²) in [4.78, 5) is 0. The number of rotatable bonds is 5. The fourth-order valence-electron chi connectivity index (χ4n) is 2.17. The molecule has 4 N–H and O–H groups in total. The Labute approximate surface area is 103 Å². The van der Waals surface area contributed by atoms with E-state index in [1.807, 2.05) is 0 Å². The number of hydrogen-bond acceptors (Lipinski definition) is 4. The second-order valence-corrected chi connectivity index (χ2v) is 4.34. The van der Waals surface area contributed by atoms with E-state index in [2.05, 4.69) is 10.5 Å². The van der Waals surface area contributed by atoms with Gasteiger partial charge in [0.05, 0.1) is 6.10 Å². The lowest BCUT2D eigenvalue weighted by molar-refractivity contribution is -0.155. The maximum atomic E-state index is 12.7. The average Bonchev–Trinajstić information content (AvgIpc) is 2.74. The molecule has 1 aliphatic rings. The minimum atomic E-state index is -4.54. The molecule has 0 aromatic rings. The van der Waals surface area contributed by atoms with Crippen LogP contribution in [0.4, 0.5) is 13.2 Å². The van der Waals surface area contributed by atoms with Crippen LogP contribution in [0.3, 0.4) is 0 Å². The molecule has 1 fully saturated rings. The quantitative estimate of drug-likeness (QED) is 0.302. The summed E-state index contributed by atoms with van der Waals surface area (Å²) in [7, 11) is 1.54. The molecule has 0 amide bonds. The van der Waals surface area contributed by atoms with Crippen LogP contribution in [0.25, 0.3) is 0 Å². The van der Waals surface area contributed by atoms with Crippen molar-refractivity contribution >= 4 is 5.84 Å². The minimum Gasteiger partial charge on any atom is -0.409 e. The van der Waals surface area contributed by atoms with Gasteiger partial charge in [0, 0.05) is 19.7 Å². The number of methoxy groups -OCH3 is 1. The number of oxime groups is 1. The summed E-state index contributed by atoms with van der Waals surface area (Å²) in [5.41, 5.74) is 5.06. The van der Waals surface area contributed by atoms with Crippen LogP contribution < -0.4 is 11.1 Å². The van der Waals surface area contributed by atoms with Crippen molar-refractivity contribution in [2.75, 3.05) is 13.7 Å². The summed E-state index contributed by atoms with van der Waals surface area (Å²) in [5.74, 6) is -2.82. The number of nitrogens with two attached hydrogens (primary N) is 1. The third kappa shape index (κ3) is 3.74. The van der Waals surface area contributed by atoms with Crippen LogP contribution >= 0.6 is 0 Å². The fraction of sp³-hybridized carbons (Fsp3) is 0.900. The molecule has 0 spiro atoms. The lowest BCUT2D eigenvalue weighted by atomic mass is 10.1. The van der Waals surface area contributed by atoms with Crippen LogP contribution in [0.5, 0.6) is 0 Å². The number of halogens is 3. The molecule has 106 valence electrons. The smallest absolute Gasteiger partial charge is 0.400 e. The summed E-state index contributed by atoms with van der Waals surface area (Å²) in [6, 6.07) is -0.119. The van der Waals surface area contributed by atoms with Crippen molar-refractivity contribution in [3.63, 3.8) is 0 Å². The normalized spacial score (nSPS) is 27.4. The second kappa shape index (κ2) is 6.24. The Hall–Kier alpha value is -1.02. The van der Waals surface area contributed by atoms with Gasteiger partial charge >= 0.3 is 6.18 Å². The van der Waals surface area contributed by atoms with Crippen LogP contribution in [0, 0.1) is 5.92 Å². The zero-order valence-electron chi connectivity index (χ0n) is 10.1. The van der Waals surface area contributed by atoms with Gasteiger partial charge in [0.1, 0.15) is 5.92 Å². The third-order valence-electron chi connectivity index (χ3n) is 3.21.